The highest BCUT2D eigenvalue weighted by atomic mass is 16.5. The number of anilines is 1. The molecule has 0 spiro atoms. The Labute approximate surface area is 89.4 Å². The fourth-order valence-corrected chi connectivity index (χ4v) is 2.09. The number of hydrogen-bond donors (Lipinski definition) is 1. The largest absolute Gasteiger partial charge is 0.496 e. The molecule has 15 heavy (non-hydrogen) atoms. The third kappa shape index (κ3) is 1.58. The first kappa shape index (κ1) is 10.0. The lowest BCUT2D eigenvalue weighted by Crippen LogP contribution is -2.21. The van der Waals surface area contributed by atoms with E-state index in [-0.39, 0.29) is 5.91 Å². The number of methoxy groups -OCH3 is 1. The number of carbonyl (C=O) groups is 1. The van der Waals surface area contributed by atoms with E-state index in [0.717, 1.165) is 29.0 Å². The molecule has 80 valence electrons. The molecule has 0 bridgehead atoms. The van der Waals surface area contributed by atoms with E-state index in [4.69, 9.17) is 4.74 Å². The van der Waals surface area contributed by atoms with Crippen molar-refractivity contribution < 1.29 is 9.53 Å². The summed E-state index contributed by atoms with van der Waals surface area (Å²) in [6, 6.07) is 1.97. The van der Waals surface area contributed by atoms with E-state index in [0.29, 0.717) is 6.42 Å². The van der Waals surface area contributed by atoms with Gasteiger partial charge in [0.15, 0.2) is 0 Å². The summed E-state index contributed by atoms with van der Waals surface area (Å²) in [6.45, 7) is 4.03. The second-order valence-electron chi connectivity index (χ2n) is 3.92. The van der Waals surface area contributed by atoms with Crippen LogP contribution < -0.4 is 10.1 Å². The van der Waals surface area contributed by atoms with E-state index in [1.54, 1.807) is 7.11 Å². The topological polar surface area (TPSA) is 38.3 Å². The molecule has 0 atom stereocenters. The molecule has 3 heteroatoms. The highest BCUT2D eigenvalue weighted by Gasteiger charge is 2.20. The highest BCUT2D eigenvalue weighted by Crippen LogP contribution is 2.34. The minimum atomic E-state index is 0.107. The Morgan fingerprint density at radius 2 is 2.07 bits per heavy atom. The molecule has 0 aliphatic carbocycles. The number of aryl methyl sites for hydroxylation is 1. The van der Waals surface area contributed by atoms with Gasteiger partial charge in [0, 0.05) is 12.1 Å². The molecule has 1 amide bonds. The van der Waals surface area contributed by atoms with Crippen LogP contribution in [-0.2, 0) is 11.2 Å². The zero-order valence-corrected chi connectivity index (χ0v) is 9.31. The van der Waals surface area contributed by atoms with Gasteiger partial charge in [-0.1, -0.05) is 0 Å². The number of fused-ring (bicyclic) bond motifs is 1. The summed E-state index contributed by atoms with van der Waals surface area (Å²) in [4.78, 5) is 11.3. The lowest BCUT2D eigenvalue weighted by Gasteiger charge is -2.22. The highest BCUT2D eigenvalue weighted by molar-refractivity contribution is 5.95. The second kappa shape index (κ2) is 3.57. The first-order valence-corrected chi connectivity index (χ1v) is 5.10. The van der Waals surface area contributed by atoms with E-state index in [1.807, 2.05) is 19.9 Å². The van der Waals surface area contributed by atoms with Gasteiger partial charge in [0.2, 0.25) is 5.91 Å². The zero-order chi connectivity index (χ0) is 11.0. The Hall–Kier alpha value is -1.51. The van der Waals surface area contributed by atoms with Crippen LogP contribution in [0.1, 0.15) is 23.1 Å². The molecule has 3 nitrogen and oxygen atoms in total. The minimum absolute atomic E-state index is 0.107. The van der Waals surface area contributed by atoms with Crippen molar-refractivity contribution in [2.24, 2.45) is 0 Å². The molecular formula is C12H15NO2. The van der Waals surface area contributed by atoms with Gasteiger partial charge in [-0.2, -0.15) is 0 Å². The summed E-state index contributed by atoms with van der Waals surface area (Å²) in [7, 11) is 1.68. The Morgan fingerprint density at radius 3 is 2.73 bits per heavy atom. The van der Waals surface area contributed by atoms with Crippen molar-refractivity contribution in [1.82, 2.24) is 0 Å². The van der Waals surface area contributed by atoms with Crippen LogP contribution in [0.15, 0.2) is 6.07 Å². The average molecular weight is 205 g/mol. The summed E-state index contributed by atoms with van der Waals surface area (Å²) in [6.07, 6.45) is 1.38. The van der Waals surface area contributed by atoms with Crippen molar-refractivity contribution in [1.29, 1.82) is 0 Å². The third-order valence-corrected chi connectivity index (χ3v) is 2.95. The summed E-state index contributed by atoms with van der Waals surface area (Å²) in [5, 5.41) is 2.93. The molecular weight excluding hydrogens is 190 g/mol. The van der Waals surface area contributed by atoms with Crippen LogP contribution in [0.5, 0.6) is 5.75 Å². The summed E-state index contributed by atoms with van der Waals surface area (Å²) >= 11 is 0. The predicted octanol–water partition coefficient (Wildman–Crippen LogP) is 2.20. The van der Waals surface area contributed by atoms with Crippen molar-refractivity contribution in [2.45, 2.75) is 26.7 Å². The quantitative estimate of drug-likeness (QED) is 0.763. The molecule has 0 unspecified atom stereocenters. The van der Waals surface area contributed by atoms with Crippen LogP contribution in [-0.4, -0.2) is 13.0 Å². The van der Waals surface area contributed by atoms with Gasteiger partial charge in [-0.3, -0.25) is 4.79 Å². The number of benzene rings is 1. The maximum atomic E-state index is 11.3. The van der Waals surface area contributed by atoms with Crippen LogP contribution in [0, 0.1) is 13.8 Å². The van der Waals surface area contributed by atoms with Crippen molar-refractivity contribution in [3.63, 3.8) is 0 Å². The Morgan fingerprint density at radius 1 is 1.33 bits per heavy atom. The number of nitrogens with one attached hydrogen (secondary N) is 1. The molecule has 0 saturated heterocycles. The van der Waals surface area contributed by atoms with E-state index in [9.17, 15) is 4.79 Å². The van der Waals surface area contributed by atoms with Crippen molar-refractivity contribution in [2.75, 3.05) is 12.4 Å². The fourth-order valence-electron chi connectivity index (χ4n) is 2.09. The van der Waals surface area contributed by atoms with Gasteiger partial charge < -0.3 is 10.1 Å². The maximum absolute atomic E-state index is 11.3. The minimum Gasteiger partial charge on any atom is -0.496 e. The molecule has 0 fully saturated rings. The van der Waals surface area contributed by atoms with Gasteiger partial charge in [0.05, 0.1) is 7.11 Å². The Bertz CT molecular complexity index is 424. The molecule has 2 rings (SSSR count). The first-order chi connectivity index (χ1) is 7.13. The number of hydrogen-bond acceptors (Lipinski definition) is 2. The number of amides is 1. The molecule has 1 aromatic carbocycles. The monoisotopic (exact) mass is 205 g/mol. The lowest BCUT2D eigenvalue weighted by molar-refractivity contribution is -0.116. The molecule has 0 saturated carbocycles. The van der Waals surface area contributed by atoms with Crippen molar-refractivity contribution in [3.8, 4) is 5.75 Å². The molecule has 1 heterocycles. The van der Waals surface area contributed by atoms with Gasteiger partial charge in [-0.15, -0.1) is 0 Å². The second-order valence-corrected chi connectivity index (χ2v) is 3.92. The smallest absolute Gasteiger partial charge is 0.224 e. The van der Waals surface area contributed by atoms with E-state index >= 15 is 0 Å². The SMILES string of the molecule is COc1cc(C)c2c(c1C)CCC(=O)N2. The van der Waals surface area contributed by atoms with Crippen LogP contribution in [0.25, 0.3) is 0 Å². The molecule has 1 aliphatic heterocycles. The average Bonchev–Trinajstić information content (AvgIpc) is 2.23. The maximum Gasteiger partial charge on any atom is 0.224 e. The van der Waals surface area contributed by atoms with Gasteiger partial charge in [0.1, 0.15) is 5.75 Å². The summed E-state index contributed by atoms with van der Waals surface area (Å²) in [5.74, 6) is 1.01. The molecule has 0 aromatic heterocycles. The van der Waals surface area contributed by atoms with Crippen molar-refractivity contribution in [3.05, 3.63) is 22.8 Å². The normalized spacial score (nSPS) is 14.5. The Balaban J connectivity index is 2.59. The van der Waals surface area contributed by atoms with Crippen LogP contribution in [0.2, 0.25) is 0 Å². The predicted molar refractivity (Wildman–Crippen MR) is 59.4 cm³/mol. The van der Waals surface area contributed by atoms with Crippen LogP contribution in [0.4, 0.5) is 5.69 Å². The summed E-state index contributed by atoms with van der Waals surface area (Å²) in [5.41, 5.74) is 4.40. The van der Waals surface area contributed by atoms with Crippen molar-refractivity contribution >= 4 is 11.6 Å². The molecule has 1 aliphatic rings. The van der Waals surface area contributed by atoms with E-state index < -0.39 is 0 Å². The van der Waals surface area contributed by atoms with Crippen LogP contribution in [0.3, 0.4) is 0 Å². The zero-order valence-electron chi connectivity index (χ0n) is 9.31. The Kier molecular flexibility index (Phi) is 2.39. The number of ether oxygens (including phenoxy) is 1. The van der Waals surface area contributed by atoms with Gasteiger partial charge >= 0.3 is 0 Å². The molecule has 0 radical (unpaired) electrons. The van der Waals surface area contributed by atoms with Gasteiger partial charge in [-0.25, -0.2) is 0 Å². The fraction of sp³-hybridized carbons (Fsp3) is 0.417. The van der Waals surface area contributed by atoms with Crippen LogP contribution >= 0.6 is 0 Å². The van der Waals surface area contributed by atoms with E-state index in [1.165, 1.54) is 5.56 Å². The standard InChI is InChI=1S/C12H15NO2/c1-7-6-10(15-3)8(2)9-4-5-11(14)13-12(7)9/h6H,4-5H2,1-3H3,(H,13,14). The molecule has 1 aromatic rings. The van der Waals surface area contributed by atoms with Gasteiger partial charge in [-0.05, 0) is 43.0 Å². The summed E-state index contributed by atoms with van der Waals surface area (Å²) < 4.78 is 5.31. The van der Waals surface area contributed by atoms with Gasteiger partial charge in [0.25, 0.3) is 0 Å². The third-order valence-electron chi connectivity index (χ3n) is 2.95. The number of rotatable bonds is 1. The van der Waals surface area contributed by atoms with E-state index in [2.05, 4.69) is 5.32 Å². The lowest BCUT2D eigenvalue weighted by atomic mass is 9.94. The molecule has 1 N–H and O–H groups in total. The first-order valence-electron chi connectivity index (χ1n) is 5.10. The number of carbonyl (C=O) groups excluding carboxylic acids is 1.